The van der Waals surface area contributed by atoms with Gasteiger partial charge in [-0.3, -0.25) is 9.59 Å². The van der Waals surface area contributed by atoms with Gasteiger partial charge in [0, 0.05) is 5.56 Å². The second kappa shape index (κ2) is 7.91. The van der Waals surface area contributed by atoms with Crippen LogP contribution in [0.2, 0.25) is 0 Å². The standard InChI is InChI=1S/C20H17N5O4S/c1-25-23-18(22-24-25)12-6-4-5-7-13(12)21-19(26)15-10-11-8-9-14(28-2)17(29-3)16(11)20(27)30-15/h4-10H,1-3H3,(H,21,26). The number of nitrogens with one attached hydrogen (secondary N) is 1. The lowest BCUT2D eigenvalue weighted by Crippen LogP contribution is -2.14. The second-order valence-corrected chi connectivity index (χ2v) is 7.28. The van der Waals surface area contributed by atoms with E-state index < -0.39 is 5.91 Å². The number of amides is 1. The number of hydrogen-bond donors (Lipinski definition) is 1. The lowest BCUT2D eigenvalue weighted by atomic mass is 10.1. The van der Waals surface area contributed by atoms with Crippen molar-refractivity contribution in [1.82, 2.24) is 20.2 Å². The number of fused-ring (bicyclic) bond motifs is 1. The van der Waals surface area contributed by atoms with Gasteiger partial charge < -0.3 is 14.8 Å². The predicted octanol–water partition coefficient (Wildman–Crippen LogP) is 2.72. The fourth-order valence-corrected chi connectivity index (χ4v) is 3.91. The first-order chi connectivity index (χ1) is 14.5. The first kappa shape index (κ1) is 19.5. The quantitative estimate of drug-likeness (QED) is 0.526. The third-order valence-electron chi connectivity index (χ3n) is 4.42. The summed E-state index contributed by atoms with van der Waals surface area (Å²) in [5.74, 6) is 0.779. The van der Waals surface area contributed by atoms with Gasteiger partial charge >= 0.3 is 0 Å². The Morgan fingerprint density at radius 3 is 2.63 bits per heavy atom. The number of tetrazole rings is 1. The molecule has 2 aromatic carbocycles. The van der Waals surface area contributed by atoms with Crippen LogP contribution in [0, 0.1) is 0 Å². The molecule has 0 atom stereocenters. The number of carbonyl (C=O) groups is 1. The zero-order valence-electron chi connectivity index (χ0n) is 16.4. The first-order valence-corrected chi connectivity index (χ1v) is 9.67. The van der Waals surface area contributed by atoms with Crippen LogP contribution in [0.1, 0.15) is 9.67 Å². The molecule has 0 radical (unpaired) electrons. The number of para-hydroxylation sites is 1. The number of rotatable bonds is 5. The molecule has 0 aliphatic rings. The van der Waals surface area contributed by atoms with Crippen LogP contribution in [0.25, 0.3) is 22.2 Å². The van der Waals surface area contributed by atoms with Crippen molar-refractivity contribution < 1.29 is 14.3 Å². The minimum Gasteiger partial charge on any atom is -0.493 e. The largest absolute Gasteiger partial charge is 0.493 e. The zero-order chi connectivity index (χ0) is 21.3. The Bertz CT molecular complexity index is 1310. The van der Waals surface area contributed by atoms with Gasteiger partial charge in [0.25, 0.3) is 5.91 Å². The van der Waals surface area contributed by atoms with Gasteiger partial charge in [-0.15, -0.1) is 10.2 Å². The molecular formula is C20H17N5O4S. The highest BCUT2D eigenvalue weighted by Crippen LogP contribution is 2.34. The Labute approximate surface area is 174 Å². The Hall–Kier alpha value is -3.79. The number of benzene rings is 2. The summed E-state index contributed by atoms with van der Waals surface area (Å²) in [6, 6.07) is 12.2. The molecule has 0 bridgehead atoms. The summed E-state index contributed by atoms with van der Waals surface area (Å²) in [5, 5.41) is 15.8. The van der Waals surface area contributed by atoms with Crippen molar-refractivity contribution >= 4 is 33.7 Å². The molecule has 1 N–H and O–H groups in total. The van der Waals surface area contributed by atoms with Crippen LogP contribution in [0.15, 0.2) is 47.3 Å². The van der Waals surface area contributed by atoms with Crippen molar-refractivity contribution in [2.24, 2.45) is 7.05 Å². The molecule has 4 aromatic rings. The molecule has 10 heteroatoms. The number of anilines is 1. The van der Waals surface area contributed by atoms with E-state index in [1.54, 1.807) is 43.4 Å². The SMILES string of the molecule is COc1ccc2cc(C(=O)Nc3ccccc3-c3nnn(C)n3)sc(=O)c2c1OC. The third-order valence-corrected chi connectivity index (χ3v) is 5.33. The van der Waals surface area contributed by atoms with Gasteiger partial charge in [0.2, 0.25) is 10.6 Å². The Balaban J connectivity index is 1.73. The normalized spacial score (nSPS) is 10.8. The highest BCUT2D eigenvalue weighted by molar-refractivity contribution is 7.12. The average molecular weight is 423 g/mol. The topological polar surface area (TPSA) is 108 Å². The number of hydrogen-bond acceptors (Lipinski definition) is 8. The molecule has 0 fully saturated rings. The van der Waals surface area contributed by atoms with Gasteiger partial charge in [-0.25, -0.2) is 0 Å². The van der Waals surface area contributed by atoms with Crippen molar-refractivity contribution in [3.8, 4) is 22.9 Å². The van der Waals surface area contributed by atoms with Crippen molar-refractivity contribution in [2.75, 3.05) is 19.5 Å². The van der Waals surface area contributed by atoms with Crippen molar-refractivity contribution in [2.45, 2.75) is 0 Å². The van der Waals surface area contributed by atoms with Crippen LogP contribution in [0.5, 0.6) is 11.5 Å². The highest BCUT2D eigenvalue weighted by atomic mass is 32.1. The van der Waals surface area contributed by atoms with Crippen LogP contribution in [0.4, 0.5) is 5.69 Å². The number of ether oxygens (including phenoxy) is 2. The molecule has 0 saturated carbocycles. The van der Waals surface area contributed by atoms with Crippen molar-refractivity contribution in [3.05, 3.63) is 56.9 Å². The fourth-order valence-electron chi connectivity index (χ4n) is 3.07. The molecule has 2 heterocycles. The molecule has 0 aliphatic heterocycles. The smallest absolute Gasteiger partial charge is 0.265 e. The maximum absolute atomic E-state index is 12.9. The van der Waals surface area contributed by atoms with E-state index in [1.807, 2.05) is 6.07 Å². The molecule has 0 saturated heterocycles. The molecule has 0 unspecified atom stereocenters. The van der Waals surface area contributed by atoms with E-state index in [1.165, 1.54) is 19.0 Å². The number of carbonyl (C=O) groups excluding carboxylic acids is 1. The molecule has 1 amide bonds. The first-order valence-electron chi connectivity index (χ1n) is 8.85. The van der Waals surface area contributed by atoms with E-state index in [2.05, 4.69) is 20.7 Å². The summed E-state index contributed by atoms with van der Waals surface area (Å²) in [7, 11) is 4.63. The Kier molecular flexibility index (Phi) is 5.15. The van der Waals surface area contributed by atoms with Gasteiger partial charge in [-0.05, 0) is 34.9 Å². The minimum absolute atomic E-state index is 0.265. The number of nitrogens with zero attached hydrogens (tertiary/aromatic N) is 4. The monoisotopic (exact) mass is 423 g/mol. The van der Waals surface area contributed by atoms with E-state index in [0.29, 0.717) is 39.3 Å². The Morgan fingerprint density at radius 2 is 1.93 bits per heavy atom. The van der Waals surface area contributed by atoms with Gasteiger partial charge in [-0.1, -0.05) is 29.5 Å². The lowest BCUT2D eigenvalue weighted by molar-refractivity contribution is 0.103. The van der Waals surface area contributed by atoms with Crippen LogP contribution in [0.3, 0.4) is 0 Å². The maximum Gasteiger partial charge on any atom is 0.265 e. The fraction of sp³-hybridized carbons (Fsp3) is 0.150. The van der Waals surface area contributed by atoms with Crippen molar-refractivity contribution in [1.29, 1.82) is 0 Å². The van der Waals surface area contributed by atoms with Crippen LogP contribution in [-0.2, 0) is 7.05 Å². The summed E-state index contributed by atoms with van der Waals surface area (Å²) in [5.41, 5.74) is 1.14. The van der Waals surface area contributed by atoms with Crippen LogP contribution in [-0.4, -0.2) is 40.3 Å². The second-order valence-electron chi connectivity index (χ2n) is 6.27. The molecule has 152 valence electrons. The zero-order valence-corrected chi connectivity index (χ0v) is 17.2. The summed E-state index contributed by atoms with van der Waals surface area (Å²) >= 11 is 0.838. The summed E-state index contributed by atoms with van der Waals surface area (Å²) in [6.45, 7) is 0. The molecule has 4 rings (SSSR count). The average Bonchev–Trinajstić information content (AvgIpc) is 3.19. The summed E-state index contributed by atoms with van der Waals surface area (Å²) in [6.07, 6.45) is 0. The number of aromatic nitrogens is 4. The van der Waals surface area contributed by atoms with Crippen LogP contribution < -0.4 is 19.5 Å². The van der Waals surface area contributed by atoms with Crippen molar-refractivity contribution in [3.63, 3.8) is 0 Å². The van der Waals surface area contributed by atoms with Gasteiger partial charge in [0.15, 0.2) is 11.5 Å². The highest BCUT2D eigenvalue weighted by Gasteiger charge is 2.18. The predicted molar refractivity (Wildman–Crippen MR) is 113 cm³/mol. The van der Waals surface area contributed by atoms with E-state index in [4.69, 9.17) is 9.47 Å². The van der Waals surface area contributed by atoms with Gasteiger partial charge in [-0.2, -0.15) is 4.80 Å². The molecule has 30 heavy (non-hydrogen) atoms. The molecule has 0 aliphatic carbocycles. The van der Waals surface area contributed by atoms with E-state index in [0.717, 1.165) is 11.3 Å². The third kappa shape index (κ3) is 3.48. The molecule has 9 nitrogen and oxygen atoms in total. The molecular weight excluding hydrogens is 406 g/mol. The summed E-state index contributed by atoms with van der Waals surface area (Å²) < 4.78 is 10.3. The van der Waals surface area contributed by atoms with Gasteiger partial charge in [0.05, 0.1) is 37.2 Å². The molecule has 0 spiro atoms. The van der Waals surface area contributed by atoms with Gasteiger partial charge in [0.1, 0.15) is 0 Å². The van der Waals surface area contributed by atoms with E-state index in [-0.39, 0.29) is 9.62 Å². The molecule has 2 aromatic heterocycles. The van der Waals surface area contributed by atoms with E-state index >= 15 is 0 Å². The van der Waals surface area contributed by atoms with Crippen LogP contribution >= 0.6 is 11.3 Å². The van der Waals surface area contributed by atoms with E-state index in [9.17, 15) is 9.59 Å². The Morgan fingerprint density at radius 1 is 1.13 bits per heavy atom. The maximum atomic E-state index is 12.9. The minimum atomic E-state index is -0.412. The number of aryl methyl sites for hydroxylation is 1. The summed E-state index contributed by atoms with van der Waals surface area (Å²) in [4.78, 5) is 27.3. The lowest BCUT2D eigenvalue weighted by Gasteiger charge is -2.11. The number of methoxy groups -OCH3 is 2.